The molecule has 20 heavy (non-hydrogen) atoms. The van der Waals surface area contributed by atoms with Gasteiger partial charge in [0.25, 0.3) is 5.91 Å². The fourth-order valence-electron chi connectivity index (χ4n) is 2.22. The molecule has 0 aliphatic carbocycles. The standard InChI is InChI=1S/C13H16FNO4S/c1-19-12-3-2-10(14)6-11(12)13(16)15-7-9-4-5-20(17,18)8-9/h2-3,6,9H,4-5,7-8H2,1H3,(H,15,16). The van der Waals surface area contributed by atoms with E-state index in [-0.39, 0.29) is 35.3 Å². The second-order valence-corrected chi connectivity index (χ2v) is 7.05. The Morgan fingerprint density at radius 1 is 1.50 bits per heavy atom. The van der Waals surface area contributed by atoms with Crippen LogP contribution in [0.15, 0.2) is 18.2 Å². The summed E-state index contributed by atoms with van der Waals surface area (Å²) in [6.45, 7) is 0.262. The highest BCUT2D eigenvalue weighted by molar-refractivity contribution is 7.91. The molecular formula is C13H16FNO4S. The van der Waals surface area contributed by atoms with Crippen molar-refractivity contribution < 1.29 is 22.3 Å². The maximum atomic E-state index is 13.2. The predicted octanol–water partition coefficient (Wildman–Crippen LogP) is 0.999. The first kappa shape index (κ1) is 14.8. The molecule has 1 saturated heterocycles. The molecule has 0 saturated carbocycles. The fourth-order valence-corrected chi connectivity index (χ4v) is 4.08. The summed E-state index contributed by atoms with van der Waals surface area (Å²) in [5.41, 5.74) is 0.105. The third-order valence-corrected chi connectivity index (χ3v) is 5.12. The Morgan fingerprint density at radius 3 is 2.85 bits per heavy atom. The van der Waals surface area contributed by atoms with Gasteiger partial charge in [-0.25, -0.2) is 12.8 Å². The van der Waals surface area contributed by atoms with Crippen molar-refractivity contribution in [2.24, 2.45) is 5.92 Å². The molecule has 0 aromatic heterocycles. The van der Waals surface area contributed by atoms with E-state index in [1.165, 1.54) is 19.2 Å². The lowest BCUT2D eigenvalue weighted by atomic mass is 10.1. The molecule has 1 amide bonds. The first-order chi connectivity index (χ1) is 9.41. The van der Waals surface area contributed by atoms with E-state index < -0.39 is 21.6 Å². The molecule has 1 heterocycles. The molecule has 1 N–H and O–H groups in total. The van der Waals surface area contributed by atoms with Gasteiger partial charge in [-0.15, -0.1) is 0 Å². The Morgan fingerprint density at radius 2 is 2.25 bits per heavy atom. The molecule has 2 rings (SSSR count). The molecule has 0 spiro atoms. The van der Waals surface area contributed by atoms with Crippen LogP contribution in [0.3, 0.4) is 0 Å². The monoisotopic (exact) mass is 301 g/mol. The summed E-state index contributed by atoms with van der Waals surface area (Å²) < 4.78 is 40.8. The smallest absolute Gasteiger partial charge is 0.255 e. The number of rotatable bonds is 4. The summed E-state index contributed by atoms with van der Waals surface area (Å²) in [4.78, 5) is 12.0. The maximum Gasteiger partial charge on any atom is 0.255 e. The zero-order valence-corrected chi connectivity index (χ0v) is 11.9. The van der Waals surface area contributed by atoms with Gasteiger partial charge < -0.3 is 10.1 Å². The topological polar surface area (TPSA) is 72.5 Å². The van der Waals surface area contributed by atoms with Crippen LogP contribution in [0.2, 0.25) is 0 Å². The van der Waals surface area contributed by atoms with Crippen molar-refractivity contribution in [2.75, 3.05) is 25.2 Å². The average molecular weight is 301 g/mol. The Labute approximate surface area is 117 Å². The highest BCUT2D eigenvalue weighted by atomic mass is 32.2. The van der Waals surface area contributed by atoms with Crippen LogP contribution in [-0.4, -0.2) is 39.5 Å². The van der Waals surface area contributed by atoms with Crippen LogP contribution in [0.25, 0.3) is 0 Å². The van der Waals surface area contributed by atoms with E-state index in [9.17, 15) is 17.6 Å². The molecule has 0 radical (unpaired) electrons. The van der Waals surface area contributed by atoms with Gasteiger partial charge in [0.15, 0.2) is 9.84 Å². The van der Waals surface area contributed by atoms with E-state index in [2.05, 4.69) is 5.32 Å². The summed E-state index contributed by atoms with van der Waals surface area (Å²) >= 11 is 0. The first-order valence-electron chi connectivity index (χ1n) is 6.23. The molecular weight excluding hydrogens is 285 g/mol. The molecule has 1 atom stereocenters. The first-order valence-corrected chi connectivity index (χ1v) is 8.05. The minimum absolute atomic E-state index is 0.0801. The maximum absolute atomic E-state index is 13.2. The number of carbonyl (C=O) groups is 1. The number of ether oxygens (including phenoxy) is 1. The third-order valence-electron chi connectivity index (χ3n) is 3.28. The van der Waals surface area contributed by atoms with E-state index in [4.69, 9.17) is 4.74 Å². The van der Waals surface area contributed by atoms with Crippen LogP contribution in [0.1, 0.15) is 16.8 Å². The number of amides is 1. The number of sulfone groups is 1. The second-order valence-electron chi connectivity index (χ2n) is 4.82. The van der Waals surface area contributed by atoms with Crippen molar-refractivity contribution in [1.82, 2.24) is 5.32 Å². The van der Waals surface area contributed by atoms with Gasteiger partial charge in [-0.3, -0.25) is 4.79 Å². The van der Waals surface area contributed by atoms with E-state index in [0.29, 0.717) is 6.42 Å². The number of carbonyl (C=O) groups excluding carboxylic acids is 1. The molecule has 1 unspecified atom stereocenters. The van der Waals surface area contributed by atoms with Crippen molar-refractivity contribution in [3.63, 3.8) is 0 Å². The largest absolute Gasteiger partial charge is 0.496 e. The minimum Gasteiger partial charge on any atom is -0.496 e. The molecule has 1 aromatic rings. The number of hydrogen-bond acceptors (Lipinski definition) is 4. The van der Waals surface area contributed by atoms with E-state index >= 15 is 0 Å². The van der Waals surface area contributed by atoms with Crippen LogP contribution >= 0.6 is 0 Å². The quantitative estimate of drug-likeness (QED) is 0.900. The summed E-state index contributed by atoms with van der Waals surface area (Å²) in [6, 6.07) is 3.68. The zero-order valence-electron chi connectivity index (χ0n) is 11.1. The van der Waals surface area contributed by atoms with E-state index in [1.54, 1.807) is 0 Å². The normalized spacial score (nSPS) is 20.6. The molecule has 1 fully saturated rings. The Balaban J connectivity index is 2.00. The van der Waals surface area contributed by atoms with Gasteiger partial charge in [0.1, 0.15) is 11.6 Å². The Kier molecular flexibility index (Phi) is 4.27. The predicted molar refractivity (Wildman–Crippen MR) is 72.0 cm³/mol. The lowest BCUT2D eigenvalue weighted by Gasteiger charge is -2.12. The van der Waals surface area contributed by atoms with Crippen LogP contribution < -0.4 is 10.1 Å². The van der Waals surface area contributed by atoms with Crippen LogP contribution in [0, 0.1) is 11.7 Å². The van der Waals surface area contributed by atoms with Crippen molar-refractivity contribution in [1.29, 1.82) is 0 Å². The van der Waals surface area contributed by atoms with Crippen molar-refractivity contribution in [2.45, 2.75) is 6.42 Å². The van der Waals surface area contributed by atoms with Crippen molar-refractivity contribution >= 4 is 15.7 Å². The molecule has 5 nitrogen and oxygen atoms in total. The minimum atomic E-state index is -2.96. The van der Waals surface area contributed by atoms with Crippen molar-refractivity contribution in [3.05, 3.63) is 29.6 Å². The number of methoxy groups -OCH3 is 1. The number of halogens is 1. The van der Waals surface area contributed by atoms with Gasteiger partial charge in [0, 0.05) is 6.54 Å². The van der Waals surface area contributed by atoms with Gasteiger partial charge in [-0.05, 0) is 30.5 Å². The van der Waals surface area contributed by atoms with Crippen LogP contribution in [0.4, 0.5) is 4.39 Å². The van der Waals surface area contributed by atoms with Gasteiger partial charge >= 0.3 is 0 Å². The number of benzene rings is 1. The number of hydrogen-bond donors (Lipinski definition) is 1. The Bertz CT molecular complexity index is 615. The molecule has 7 heteroatoms. The summed E-state index contributed by atoms with van der Waals surface area (Å²) in [7, 11) is -1.57. The van der Waals surface area contributed by atoms with Gasteiger partial charge in [0.2, 0.25) is 0 Å². The summed E-state index contributed by atoms with van der Waals surface area (Å²) in [5.74, 6) is -0.541. The summed E-state index contributed by atoms with van der Waals surface area (Å²) in [5, 5.41) is 2.63. The highest BCUT2D eigenvalue weighted by Crippen LogP contribution is 2.20. The van der Waals surface area contributed by atoms with Gasteiger partial charge in [0.05, 0.1) is 24.2 Å². The fraction of sp³-hybridized carbons (Fsp3) is 0.462. The van der Waals surface area contributed by atoms with Gasteiger partial charge in [-0.2, -0.15) is 0 Å². The molecule has 1 aliphatic heterocycles. The van der Waals surface area contributed by atoms with E-state index in [1.807, 2.05) is 0 Å². The zero-order chi connectivity index (χ0) is 14.8. The average Bonchev–Trinajstić information content (AvgIpc) is 2.75. The second kappa shape index (κ2) is 5.78. The third kappa shape index (κ3) is 3.47. The van der Waals surface area contributed by atoms with E-state index in [0.717, 1.165) is 6.07 Å². The van der Waals surface area contributed by atoms with Crippen LogP contribution in [-0.2, 0) is 9.84 Å². The SMILES string of the molecule is COc1ccc(F)cc1C(=O)NCC1CCS(=O)(=O)C1. The Hall–Kier alpha value is -1.63. The molecule has 1 aliphatic rings. The molecule has 1 aromatic carbocycles. The summed E-state index contributed by atoms with van der Waals surface area (Å²) in [6.07, 6.45) is 0.545. The number of nitrogens with one attached hydrogen (secondary N) is 1. The van der Waals surface area contributed by atoms with Crippen molar-refractivity contribution in [3.8, 4) is 5.75 Å². The highest BCUT2D eigenvalue weighted by Gasteiger charge is 2.28. The lowest BCUT2D eigenvalue weighted by molar-refractivity contribution is 0.0945. The van der Waals surface area contributed by atoms with Crippen LogP contribution in [0.5, 0.6) is 5.75 Å². The molecule has 110 valence electrons. The lowest BCUT2D eigenvalue weighted by Crippen LogP contribution is -2.30. The molecule has 0 bridgehead atoms. The van der Waals surface area contributed by atoms with Gasteiger partial charge in [-0.1, -0.05) is 0 Å².